The van der Waals surface area contributed by atoms with Crippen LogP contribution in [-0.2, 0) is 0 Å². The number of nitrogens with one attached hydrogen (secondary N) is 2. The molecule has 0 aliphatic heterocycles. The number of carbonyl (C=O) groups is 1. The Morgan fingerprint density at radius 3 is 2.57 bits per heavy atom. The summed E-state index contributed by atoms with van der Waals surface area (Å²) in [5.41, 5.74) is 0.618. The van der Waals surface area contributed by atoms with Crippen molar-refractivity contribution in [1.82, 2.24) is 10.6 Å². The lowest BCUT2D eigenvalue weighted by Gasteiger charge is -2.15. The Labute approximate surface area is 122 Å². The van der Waals surface area contributed by atoms with Gasteiger partial charge in [0.15, 0.2) is 11.6 Å². The lowest BCUT2D eigenvalue weighted by molar-refractivity contribution is 0.149. The molecular weight excluding hydrogens is 278 g/mol. The van der Waals surface area contributed by atoms with Gasteiger partial charge in [-0.25, -0.2) is 13.6 Å². The predicted octanol–water partition coefficient (Wildman–Crippen LogP) is 2.14. The lowest BCUT2D eigenvalue weighted by atomic mass is 10.0. The van der Waals surface area contributed by atoms with Crippen molar-refractivity contribution >= 4 is 6.03 Å². The van der Waals surface area contributed by atoms with E-state index in [0.29, 0.717) is 18.0 Å². The Hall–Kier alpha value is -1.69. The highest BCUT2D eigenvalue weighted by Crippen LogP contribution is 2.32. The Morgan fingerprint density at radius 1 is 1.29 bits per heavy atom. The molecule has 1 aromatic carbocycles. The van der Waals surface area contributed by atoms with Gasteiger partial charge in [0.05, 0.1) is 6.10 Å². The van der Waals surface area contributed by atoms with Gasteiger partial charge in [0, 0.05) is 13.1 Å². The summed E-state index contributed by atoms with van der Waals surface area (Å²) < 4.78 is 26.0. The van der Waals surface area contributed by atoms with E-state index in [9.17, 15) is 18.7 Å². The molecule has 2 amide bonds. The van der Waals surface area contributed by atoms with Crippen LogP contribution in [0, 0.1) is 17.6 Å². The van der Waals surface area contributed by atoms with Crippen LogP contribution in [0.15, 0.2) is 18.2 Å². The van der Waals surface area contributed by atoms with Crippen LogP contribution < -0.4 is 10.6 Å². The zero-order valence-corrected chi connectivity index (χ0v) is 11.9. The number of hydrogen-bond acceptors (Lipinski definition) is 2. The zero-order valence-electron chi connectivity index (χ0n) is 11.9. The Balaban J connectivity index is 1.73. The summed E-state index contributed by atoms with van der Waals surface area (Å²) in [5.74, 6) is -1.60. The molecule has 4 nitrogen and oxygen atoms in total. The smallest absolute Gasteiger partial charge is 0.314 e. The van der Waals surface area contributed by atoms with Gasteiger partial charge in [-0.05, 0) is 42.4 Å². The minimum Gasteiger partial charge on any atom is -0.391 e. The van der Waals surface area contributed by atoms with Crippen LogP contribution in [-0.4, -0.2) is 30.3 Å². The molecular formula is C15H20F2N2O2. The predicted molar refractivity (Wildman–Crippen MR) is 74.9 cm³/mol. The molecule has 0 radical (unpaired) electrons. The Morgan fingerprint density at radius 2 is 1.95 bits per heavy atom. The van der Waals surface area contributed by atoms with Crippen molar-refractivity contribution in [3.63, 3.8) is 0 Å². The van der Waals surface area contributed by atoms with Gasteiger partial charge in [-0.2, -0.15) is 0 Å². The van der Waals surface area contributed by atoms with Crippen molar-refractivity contribution in [3.05, 3.63) is 35.4 Å². The van der Waals surface area contributed by atoms with Crippen molar-refractivity contribution in [3.8, 4) is 0 Å². The molecule has 1 aliphatic carbocycles. The lowest BCUT2D eigenvalue weighted by Crippen LogP contribution is -2.41. The van der Waals surface area contributed by atoms with E-state index < -0.39 is 17.7 Å². The highest BCUT2D eigenvalue weighted by Gasteiger charge is 2.29. The SMILES string of the molecule is C[C@H](CNC(=O)NC[C@@H](O)C1CC1)c1ccc(F)c(F)c1. The molecule has 1 aromatic rings. The van der Waals surface area contributed by atoms with Crippen LogP contribution in [0.3, 0.4) is 0 Å². The van der Waals surface area contributed by atoms with Crippen LogP contribution in [0.4, 0.5) is 13.6 Å². The molecule has 0 bridgehead atoms. The van der Waals surface area contributed by atoms with Gasteiger partial charge in [0.1, 0.15) is 0 Å². The summed E-state index contributed by atoms with van der Waals surface area (Å²) in [6.45, 7) is 2.35. The summed E-state index contributed by atoms with van der Waals surface area (Å²) in [6.07, 6.45) is 1.54. The third-order valence-electron chi connectivity index (χ3n) is 3.72. The van der Waals surface area contributed by atoms with Gasteiger partial charge >= 0.3 is 6.03 Å². The van der Waals surface area contributed by atoms with Crippen LogP contribution in [0.25, 0.3) is 0 Å². The molecule has 0 saturated heterocycles. The topological polar surface area (TPSA) is 61.4 Å². The zero-order chi connectivity index (χ0) is 15.4. The maximum absolute atomic E-state index is 13.1. The first-order valence-electron chi connectivity index (χ1n) is 7.12. The van der Waals surface area contributed by atoms with Gasteiger partial charge in [0.2, 0.25) is 0 Å². The van der Waals surface area contributed by atoms with Crippen molar-refractivity contribution in [2.24, 2.45) is 5.92 Å². The van der Waals surface area contributed by atoms with E-state index >= 15 is 0 Å². The number of halogens is 2. The number of urea groups is 1. The Bertz CT molecular complexity index is 506. The van der Waals surface area contributed by atoms with E-state index in [1.165, 1.54) is 6.07 Å². The molecule has 3 N–H and O–H groups in total. The summed E-state index contributed by atoms with van der Waals surface area (Å²) in [4.78, 5) is 11.6. The van der Waals surface area contributed by atoms with Crippen molar-refractivity contribution < 1.29 is 18.7 Å². The molecule has 2 rings (SSSR count). The third kappa shape index (κ3) is 4.67. The minimum absolute atomic E-state index is 0.140. The van der Waals surface area contributed by atoms with Crippen LogP contribution in [0.2, 0.25) is 0 Å². The number of rotatable bonds is 6. The normalized spacial score (nSPS) is 17.1. The molecule has 1 saturated carbocycles. The Kier molecular flexibility index (Phi) is 5.12. The molecule has 21 heavy (non-hydrogen) atoms. The molecule has 6 heteroatoms. The van der Waals surface area contributed by atoms with Gasteiger partial charge in [-0.3, -0.25) is 0 Å². The summed E-state index contributed by atoms with van der Waals surface area (Å²) in [5, 5.41) is 14.9. The van der Waals surface area contributed by atoms with Gasteiger partial charge in [0.25, 0.3) is 0 Å². The highest BCUT2D eigenvalue weighted by atomic mass is 19.2. The van der Waals surface area contributed by atoms with Crippen molar-refractivity contribution in [2.45, 2.75) is 31.8 Å². The minimum atomic E-state index is -0.892. The van der Waals surface area contributed by atoms with Crippen LogP contribution >= 0.6 is 0 Å². The molecule has 0 spiro atoms. The second-order valence-electron chi connectivity index (χ2n) is 5.57. The van der Waals surface area contributed by atoms with E-state index in [2.05, 4.69) is 10.6 Å². The van der Waals surface area contributed by atoms with E-state index in [-0.39, 0.29) is 18.5 Å². The summed E-state index contributed by atoms with van der Waals surface area (Å²) in [7, 11) is 0. The number of carbonyl (C=O) groups excluding carboxylic acids is 1. The number of benzene rings is 1. The molecule has 0 heterocycles. The van der Waals surface area contributed by atoms with E-state index in [1.54, 1.807) is 0 Å². The molecule has 116 valence electrons. The van der Waals surface area contributed by atoms with Crippen LogP contribution in [0.1, 0.15) is 31.2 Å². The van der Waals surface area contributed by atoms with Gasteiger partial charge in [-0.1, -0.05) is 13.0 Å². The largest absolute Gasteiger partial charge is 0.391 e. The quantitative estimate of drug-likeness (QED) is 0.753. The van der Waals surface area contributed by atoms with Gasteiger partial charge in [-0.15, -0.1) is 0 Å². The van der Waals surface area contributed by atoms with Crippen molar-refractivity contribution in [1.29, 1.82) is 0 Å². The molecule has 2 atom stereocenters. The van der Waals surface area contributed by atoms with Crippen LogP contribution in [0.5, 0.6) is 0 Å². The second kappa shape index (κ2) is 6.85. The first-order chi connectivity index (χ1) is 9.97. The standard InChI is InChI=1S/C15H20F2N2O2/c1-9(11-4-5-12(16)13(17)6-11)7-18-15(21)19-8-14(20)10-2-3-10/h4-6,9-10,14,20H,2-3,7-8H2,1H3,(H2,18,19,21)/t9-,14-/m1/s1. The maximum Gasteiger partial charge on any atom is 0.314 e. The highest BCUT2D eigenvalue weighted by molar-refractivity contribution is 5.73. The second-order valence-corrected chi connectivity index (χ2v) is 5.57. The first-order valence-corrected chi connectivity index (χ1v) is 7.12. The fourth-order valence-corrected chi connectivity index (χ4v) is 2.09. The molecule has 0 unspecified atom stereocenters. The molecule has 0 aromatic heterocycles. The number of aliphatic hydroxyl groups excluding tert-OH is 1. The first kappa shape index (κ1) is 15.7. The monoisotopic (exact) mass is 298 g/mol. The molecule has 1 aliphatic rings. The molecule has 1 fully saturated rings. The average Bonchev–Trinajstić information content (AvgIpc) is 3.29. The number of hydrogen-bond donors (Lipinski definition) is 3. The fraction of sp³-hybridized carbons (Fsp3) is 0.533. The van der Waals surface area contributed by atoms with Crippen molar-refractivity contribution in [2.75, 3.05) is 13.1 Å². The van der Waals surface area contributed by atoms with E-state index in [0.717, 1.165) is 25.0 Å². The maximum atomic E-state index is 13.1. The summed E-state index contributed by atoms with van der Waals surface area (Å²) in [6, 6.07) is 3.34. The summed E-state index contributed by atoms with van der Waals surface area (Å²) >= 11 is 0. The third-order valence-corrected chi connectivity index (χ3v) is 3.72. The van der Waals surface area contributed by atoms with E-state index in [1.807, 2.05) is 6.92 Å². The fourth-order valence-electron chi connectivity index (χ4n) is 2.09. The van der Waals surface area contributed by atoms with Gasteiger partial charge < -0.3 is 15.7 Å². The number of amides is 2. The number of aliphatic hydroxyl groups is 1. The average molecular weight is 298 g/mol. The van der Waals surface area contributed by atoms with E-state index in [4.69, 9.17) is 0 Å².